The molecule has 3 heteroatoms. The van der Waals surface area contributed by atoms with Crippen molar-refractivity contribution in [3.63, 3.8) is 0 Å². The molecule has 0 spiro atoms. The smallest absolute Gasteiger partial charge is 0.227 e. The Morgan fingerprint density at radius 1 is 1.11 bits per heavy atom. The Bertz CT molecular complexity index is 330. The zero-order valence-electron chi connectivity index (χ0n) is 12.5. The molecule has 3 aliphatic rings. The Labute approximate surface area is 117 Å². The van der Waals surface area contributed by atoms with Gasteiger partial charge in [-0.2, -0.15) is 0 Å². The summed E-state index contributed by atoms with van der Waals surface area (Å²) in [5.74, 6) is 3.12. The molecular weight excluding hydrogens is 236 g/mol. The molecule has 0 bridgehead atoms. The summed E-state index contributed by atoms with van der Waals surface area (Å²) in [5, 5.41) is 0. The van der Waals surface area contributed by atoms with E-state index in [4.69, 9.17) is 0 Å². The molecule has 3 fully saturated rings. The SMILES string of the molecule is CC(C)CN1CCC(C(=O)N2CC3CCCC3C2)C1. The second-order valence-electron chi connectivity index (χ2n) is 7.33. The zero-order valence-corrected chi connectivity index (χ0v) is 12.5. The van der Waals surface area contributed by atoms with Crippen LogP contribution in [0.4, 0.5) is 0 Å². The molecule has 3 nitrogen and oxygen atoms in total. The number of nitrogens with zero attached hydrogens (tertiary/aromatic N) is 2. The minimum Gasteiger partial charge on any atom is -0.342 e. The first-order chi connectivity index (χ1) is 9.13. The van der Waals surface area contributed by atoms with Crippen molar-refractivity contribution in [2.24, 2.45) is 23.7 Å². The first-order valence-corrected chi connectivity index (χ1v) is 8.14. The number of carbonyl (C=O) groups excluding carboxylic acids is 1. The standard InChI is InChI=1S/C16H28N2O/c1-12(2)8-17-7-6-15(9-17)16(19)18-10-13-4-3-5-14(13)11-18/h12-15H,3-11H2,1-2H3. The fourth-order valence-electron chi connectivity index (χ4n) is 4.39. The van der Waals surface area contributed by atoms with Gasteiger partial charge in [0.25, 0.3) is 0 Å². The average Bonchev–Trinajstić information content (AvgIpc) is 2.99. The Morgan fingerprint density at radius 2 is 1.79 bits per heavy atom. The molecule has 1 aliphatic carbocycles. The number of hydrogen-bond donors (Lipinski definition) is 0. The van der Waals surface area contributed by atoms with E-state index < -0.39 is 0 Å². The minimum absolute atomic E-state index is 0.289. The van der Waals surface area contributed by atoms with Crippen LogP contribution in [0.3, 0.4) is 0 Å². The van der Waals surface area contributed by atoms with Crippen LogP contribution in [-0.4, -0.2) is 48.4 Å². The molecule has 3 rings (SSSR count). The van der Waals surface area contributed by atoms with Crippen molar-refractivity contribution in [3.8, 4) is 0 Å². The molecule has 108 valence electrons. The van der Waals surface area contributed by atoms with Gasteiger partial charge >= 0.3 is 0 Å². The molecule has 3 unspecified atom stereocenters. The highest BCUT2D eigenvalue weighted by molar-refractivity contribution is 5.79. The van der Waals surface area contributed by atoms with E-state index in [1.165, 1.54) is 19.3 Å². The highest BCUT2D eigenvalue weighted by Gasteiger charge is 2.40. The van der Waals surface area contributed by atoms with Crippen molar-refractivity contribution in [2.75, 3.05) is 32.7 Å². The van der Waals surface area contributed by atoms with Crippen LogP contribution >= 0.6 is 0 Å². The third-order valence-corrected chi connectivity index (χ3v) is 5.28. The Hall–Kier alpha value is -0.570. The third-order valence-electron chi connectivity index (χ3n) is 5.28. The lowest BCUT2D eigenvalue weighted by Gasteiger charge is -2.22. The first kappa shape index (κ1) is 13.4. The van der Waals surface area contributed by atoms with Crippen molar-refractivity contribution >= 4 is 5.91 Å². The fraction of sp³-hybridized carbons (Fsp3) is 0.938. The molecule has 2 saturated heterocycles. The van der Waals surface area contributed by atoms with E-state index in [0.29, 0.717) is 11.8 Å². The van der Waals surface area contributed by atoms with Crippen LogP contribution in [-0.2, 0) is 4.79 Å². The van der Waals surface area contributed by atoms with Crippen molar-refractivity contribution in [1.29, 1.82) is 0 Å². The predicted octanol–water partition coefficient (Wildman–Crippen LogP) is 2.22. The molecule has 0 radical (unpaired) electrons. The topological polar surface area (TPSA) is 23.6 Å². The highest BCUT2D eigenvalue weighted by atomic mass is 16.2. The van der Waals surface area contributed by atoms with Crippen LogP contribution in [0, 0.1) is 23.7 Å². The average molecular weight is 264 g/mol. The molecule has 0 aromatic heterocycles. The van der Waals surface area contributed by atoms with E-state index >= 15 is 0 Å². The Morgan fingerprint density at radius 3 is 2.42 bits per heavy atom. The van der Waals surface area contributed by atoms with E-state index in [0.717, 1.165) is 51.0 Å². The van der Waals surface area contributed by atoms with Gasteiger partial charge in [-0.3, -0.25) is 4.79 Å². The highest BCUT2D eigenvalue weighted by Crippen LogP contribution is 2.38. The fourth-order valence-corrected chi connectivity index (χ4v) is 4.39. The second kappa shape index (κ2) is 5.43. The van der Waals surface area contributed by atoms with Crippen molar-refractivity contribution in [1.82, 2.24) is 9.80 Å². The summed E-state index contributed by atoms with van der Waals surface area (Å²) in [4.78, 5) is 17.3. The van der Waals surface area contributed by atoms with Gasteiger partial charge in [0.15, 0.2) is 0 Å². The number of rotatable bonds is 3. The molecule has 0 aromatic carbocycles. The van der Waals surface area contributed by atoms with Crippen LogP contribution in [0.5, 0.6) is 0 Å². The molecule has 0 aromatic rings. The summed E-state index contributed by atoms with van der Waals surface area (Å²) in [7, 11) is 0. The van der Waals surface area contributed by atoms with Gasteiger partial charge in [0.2, 0.25) is 5.91 Å². The Kier molecular flexibility index (Phi) is 3.84. The number of fused-ring (bicyclic) bond motifs is 1. The lowest BCUT2D eigenvalue weighted by molar-refractivity contribution is -0.134. The second-order valence-corrected chi connectivity index (χ2v) is 7.33. The van der Waals surface area contributed by atoms with E-state index in [-0.39, 0.29) is 5.92 Å². The molecular formula is C16H28N2O. The van der Waals surface area contributed by atoms with Crippen LogP contribution in [0.1, 0.15) is 39.5 Å². The van der Waals surface area contributed by atoms with Gasteiger partial charge in [0.1, 0.15) is 0 Å². The molecule has 2 heterocycles. The van der Waals surface area contributed by atoms with Gasteiger partial charge in [-0.25, -0.2) is 0 Å². The maximum atomic E-state index is 12.6. The Balaban J connectivity index is 1.51. The van der Waals surface area contributed by atoms with Gasteiger partial charge in [-0.05, 0) is 43.6 Å². The van der Waals surface area contributed by atoms with Gasteiger partial charge < -0.3 is 9.80 Å². The largest absolute Gasteiger partial charge is 0.342 e. The van der Waals surface area contributed by atoms with Crippen LogP contribution in [0.2, 0.25) is 0 Å². The monoisotopic (exact) mass is 264 g/mol. The van der Waals surface area contributed by atoms with Gasteiger partial charge in [0, 0.05) is 26.2 Å². The van der Waals surface area contributed by atoms with Crippen LogP contribution < -0.4 is 0 Å². The van der Waals surface area contributed by atoms with Gasteiger partial charge in [0.05, 0.1) is 5.92 Å². The van der Waals surface area contributed by atoms with Crippen molar-refractivity contribution in [2.45, 2.75) is 39.5 Å². The van der Waals surface area contributed by atoms with Crippen molar-refractivity contribution < 1.29 is 4.79 Å². The quantitative estimate of drug-likeness (QED) is 0.780. The van der Waals surface area contributed by atoms with Gasteiger partial charge in [-0.1, -0.05) is 20.3 Å². The van der Waals surface area contributed by atoms with Gasteiger partial charge in [-0.15, -0.1) is 0 Å². The maximum Gasteiger partial charge on any atom is 0.227 e. The predicted molar refractivity (Wildman–Crippen MR) is 76.8 cm³/mol. The van der Waals surface area contributed by atoms with E-state index in [1.807, 2.05) is 0 Å². The maximum absolute atomic E-state index is 12.6. The molecule has 1 amide bonds. The minimum atomic E-state index is 0.289. The summed E-state index contributed by atoms with van der Waals surface area (Å²) in [6.45, 7) is 9.91. The first-order valence-electron chi connectivity index (χ1n) is 8.14. The number of likely N-dealkylation sites (tertiary alicyclic amines) is 2. The molecule has 1 saturated carbocycles. The molecule has 0 N–H and O–H groups in total. The van der Waals surface area contributed by atoms with Crippen LogP contribution in [0.25, 0.3) is 0 Å². The third kappa shape index (κ3) is 2.81. The summed E-state index contributed by atoms with van der Waals surface area (Å²) >= 11 is 0. The summed E-state index contributed by atoms with van der Waals surface area (Å²) < 4.78 is 0. The lowest BCUT2D eigenvalue weighted by Crippen LogP contribution is -2.36. The summed E-state index contributed by atoms with van der Waals surface area (Å²) in [6.07, 6.45) is 5.19. The van der Waals surface area contributed by atoms with Crippen molar-refractivity contribution in [3.05, 3.63) is 0 Å². The summed E-state index contributed by atoms with van der Waals surface area (Å²) in [5.41, 5.74) is 0. The van der Waals surface area contributed by atoms with E-state index in [2.05, 4.69) is 23.6 Å². The number of carbonyl (C=O) groups is 1. The zero-order chi connectivity index (χ0) is 13.4. The lowest BCUT2D eigenvalue weighted by atomic mass is 10.0. The molecule has 3 atom stereocenters. The molecule has 2 aliphatic heterocycles. The normalized spacial score (nSPS) is 35.3. The number of amides is 1. The van der Waals surface area contributed by atoms with E-state index in [1.54, 1.807) is 0 Å². The summed E-state index contributed by atoms with van der Waals surface area (Å²) in [6, 6.07) is 0. The number of hydrogen-bond acceptors (Lipinski definition) is 2. The molecule has 19 heavy (non-hydrogen) atoms. The van der Waals surface area contributed by atoms with E-state index in [9.17, 15) is 4.79 Å². The van der Waals surface area contributed by atoms with Crippen LogP contribution in [0.15, 0.2) is 0 Å².